The van der Waals surface area contributed by atoms with Gasteiger partial charge in [0.2, 0.25) is 0 Å². The van der Waals surface area contributed by atoms with E-state index in [1.54, 1.807) is 55.5 Å². The number of halogens is 2. The van der Waals surface area contributed by atoms with Crippen LogP contribution in [0.5, 0.6) is 11.5 Å². The second kappa shape index (κ2) is 9.33. The summed E-state index contributed by atoms with van der Waals surface area (Å²) in [5.74, 6) is 0.864. The number of carbonyl (C=O) groups is 1. The summed E-state index contributed by atoms with van der Waals surface area (Å²) in [4.78, 5) is 28.9. The number of para-hydroxylation sites is 1. The average Bonchev–Trinajstić information content (AvgIpc) is 3.14. The van der Waals surface area contributed by atoms with Crippen molar-refractivity contribution in [3.8, 4) is 11.5 Å². The van der Waals surface area contributed by atoms with Crippen LogP contribution in [-0.4, -0.2) is 22.1 Å². The third-order valence-corrected chi connectivity index (χ3v) is 4.86. The van der Waals surface area contributed by atoms with Crippen LogP contribution in [0.1, 0.15) is 11.5 Å². The number of carbonyl (C=O) groups excluding carboxylic acids is 1. The zero-order valence-corrected chi connectivity index (χ0v) is 18.3. The maximum atomic E-state index is 12.4. The minimum absolute atomic E-state index is 0.0185. The van der Waals surface area contributed by atoms with Crippen molar-refractivity contribution in [1.29, 1.82) is 0 Å². The van der Waals surface area contributed by atoms with Gasteiger partial charge in [-0.3, -0.25) is 9.59 Å². The van der Waals surface area contributed by atoms with E-state index in [0.29, 0.717) is 44.3 Å². The molecule has 0 fully saturated rings. The van der Waals surface area contributed by atoms with Gasteiger partial charge in [0.1, 0.15) is 23.9 Å². The lowest BCUT2D eigenvalue weighted by Gasteiger charge is -2.13. The molecule has 0 bridgehead atoms. The van der Waals surface area contributed by atoms with Gasteiger partial charge >= 0.3 is 0 Å². The third-order valence-electron chi connectivity index (χ3n) is 4.31. The van der Waals surface area contributed by atoms with Crippen molar-refractivity contribution in [2.45, 2.75) is 13.5 Å². The number of ether oxygens (including phenoxy) is 2. The Bertz CT molecular complexity index is 1350. The predicted molar refractivity (Wildman–Crippen MR) is 120 cm³/mol. The second-order valence-corrected chi connectivity index (χ2v) is 7.62. The topological polar surface area (TPSA) is 95.1 Å². The number of hydrogen-bond donors (Lipinski definition) is 1. The van der Waals surface area contributed by atoms with Gasteiger partial charge in [-0.25, -0.2) is 4.98 Å². The third kappa shape index (κ3) is 5.04. The van der Waals surface area contributed by atoms with E-state index < -0.39 is 5.91 Å². The second-order valence-electron chi connectivity index (χ2n) is 6.78. The van der Waals surface area contributed by atoms with Gasteiger partial charge in [0, 0.05) is 23.2 Å². The van der Waals surface area contributed by atoms with Gasteiger partial charge in [-0.05, 0) is 31.2 Å². The lowest BCUT2D eigenvalue weighted by Crippen LogP contribution is -2.20. The van der Waals surface area contributed by atoms with Gasteiger partial charge in [0.05, 0.1) is 16.4 Å². The standard InChI is InChI=1S/C22H17Cl2N3O5/c1-13-8-20-25-15(10-22(29)27(20)32-13)11-30-19-9-14(23)6-7-17(19)26-21(28)12-31-18-5-3-2-4-16(18)24/h2-10H,11-12H2,1H3,(H,26,28). The molecule has 2 aromatic heterocycles. The van der Waals surface area contributed by atoms with Crippen LogP contribution in [-0.2, 0) is 11.4 Å². The van der Waals surface area contributed by atoms with Gasteiger partial charge in [0.15, 0.2) is 12.3 Å². The fourth-order valence-corrected chi connectivity index (χ4v) is 3.26. The molecular formula is C22H17Cl2N3O5. The van der Waals surface area contributed by atoms with Crippen LogP contribution in [0.25, 0.3) is 5.65 Å². The summed E-state index contributed by atoms with van der Waals surface area (Å²) in [6, 6.07) is 14.6. The van der Waals surface area contributed by atoms with Crippen LogP contribution < -0.4 is 20.3 Å². The molecule has 4 aromatic rings. The first-order valence-electron chi connectivity index (χ1n) is 9.48. The van der Waals surface area contributed by atoms with E-state index in [0.717, 1.165) is 4.57 Å². The molecule has 8 nitrogen and oxygen atoms in total. The number of fused-ring (bicyclic) bond motifs is 1. The number of aryl methyl sites for hydroxylation is 1. The minimum Gasteiger partial charge on any atom is -0.485 e. The maximum absolute atomic E-state index is 12.4. The molecule has 32 heavy (non-hydrogen) atoms. The van der Waals surface area contributed by atoms with Crippen molar-refractivity contribution < 1.29 is 18.8 Å². The number of benzene rings is 2. The van der Waals surface area contributed by atoms with Crippen molar-refractivity contribution >= 4 is 40.4 Å². The highest BCUT2D eigenvalue weighted by Gasteiger charge is 2.12. The molecule has 4 rings (SSSR count). The highest BCUT2D eigenvalue weighted by molar-refractivity contribution is 6.32. The maximum Gasteiger partial charge on any atom is 0.287 e. The van der Waals surface area contributed by atoms with Crippen molar-refractivity contribution in [2.24, 2.45) is 0 Å². The average molecular weight is 474 g/mol. The fraction of sp³-hybridized carbons (Fsp3) is 0.136. The molecule has 2 aromatic carbocycles. The predicted octanol–water partition coefficient (Wildman–Crippen LogP) is 4.50. The first kappa shape index (κ1) is 21.7. The van der Waals surface area contributed by atoms with E-state index in [-0.39, 0.29) is 18.8 Å². The first-order chi connectivity index (χ1) is 15.4. The molecule has 2 heterocycles. The Hall–Kier alpha value is -3.49. The highest BCUT2D eigenvalue weighted by Crippen LogP contribution is 2.29. The molecule has 1 amide bonds. The molecule has 1 N–H and O–H groups in total. The van der Waals surface area contributed by atoms with Crippen molar-refractivity contribution in [2.75, 3.05) is 11.9 Å². The molecule has 0 saturated heterocycles. The lowest BCUT2D eigenvalue weighted by atomic mass is 10.3. The summed E-state index contributed by atoms with van der Waals surface area (Å²) in [6.07, 6.45) is 0. The Morgan fingerprint density at radius 3 is 2.72 bits per heavy atom. The molecule has 0 aliphatic heterocycles. The van der Waals surface area contributed by atoms with Gasteiger partial charge < -0.3 is 19.3 Å². The van der Waals surface area contributed by atoms with Gasteiger partial charge in [-0.2, -0.15) is 0 Å². The molecular weight excluding hydrogens is 457 g/mol. The van der Waals surface area contributed by atoms with E-state index in [1.165, 1.54) is 6.07 Å². The Kier molecular flexibility index (Phi) is 6.34. The van der Waals surface area contributed by atoms with Crippen LogP contribution >= 0.6 is 23.2 Å². The van der Waals surface area contributed by atoms with Crippen LogP contribution in [0.3, 0.4) is 0 Å². The van der Waals surface area contributed by atoms with Crippen LogP contribution in [0.2, 0.25) is 10.0 Å². The quantitative estimate of drug-likeness (QED) is 0.424. The largest absolute Gasteiger partial charge is 0.485 e. The smallest absolute Gasteiger partial charge is 0.287 e. The molecule has 0 radical (unpaired) electrons. The first-order valence-corrected chi connectivity index (χ1v) is 10.2. The van der Waals surface area contributed by atoms with Gasteiger partial charge in [0.25, 0.3) is 11.5 Å². The summed E-state index contributed by atoms with van der Waals surface area (Å²) < 4.78 is 17.6. The SMILES string of the molecule is Cc1cc2nc(COc3cc(Cl)ccc3NC(=O)COc3ccccc3Cl)cc(=O)n2o1. The number of nitrogens with one attached hydrogen (secondary N) is 1. The van der Waals surface area contributed by atoms with Crippen molar-refractivity contribution in [3.63, 3.8) is 0 Å². The van der Waals surface area contributed by atoms with E-state index in [4.69, 9.17) is 37.2 Å². The van der Waals surface area contributed by atoms with Crippen LogP contribution in [0, 0.1) is 6.92 Å². The van der Waals surface area contributed by atoms with Crippen molar-refractivity contribution in [3.05, 3.63) is 86.5 Å². The number of nitrogens with zero attached hydrogens (tertiary/aromatic N) is 2. The minimum atomic E-state index is -0.413. The molecule has 0 aliphatic carbocycles. The Morgan fingerprint density at radius 1 is 1.09 bits per heavy atom. The normalized spacial score (nSPS) is 10.8. The van der Waals surface area contributed by atoms with Gasteiger partial charge in [-0.1, -0.05) is 35.3 Å². The summed E-state index contributed by atoms with van der Waals surface area (Å²) in [7, 11) is 0. The molecule has 0 aliphatic rings. The molecule has 164 valence electrons. The number of aromatic nitrogens is 2. The van der Waals surface area contributed by atoms with Crippen LogP contribution in [0.15, 0.2) is 63.9 Å². The van der Waals surface area contributed by atoms with E-state index >= 15 is 0 Å². The summed E-state index contributed by atoms with van der Waals surface area (Å²) >= 11 is 12.1. The van der Waals surface area contributed by atoms with E-state index in [1.807, 2.05) is 0 Å². The molecule has 0 saturated carbocycles. The highest BCUT2D eigenvalue weighted by atomic mass is 35.5. The van der Waals surface area contributed by atoms with E-state index in [9.17, 15) is 9.59 Å². The molecule has 0 unspecified atom stereocenters. The van der Waals surface area contributed by atoms with Crippen molar-refractivity contribution in [1.82, 2.24) is 9.56 Å². The molecule has 0 atom stereocenters. The number of hydrogen-bond acceptors (Lipinski definition) is 6. The fourth-order valence-electron chi connectivity index (χ4n) is 2.91. The monoisotopic (exact) mass is 473 g/mol. The Labute approximate surface area is 192 Å². The number of rotatable bonds is 7. The number of anilines is 1. The van der Waals surface area contributed by atoms with E-state index in [2.05, 4.69) is 10.3 Å². The Balaban J connectivity index is 1.45. The zero-order chi connectivity index (χ0) is 22.7. The van der Waals surface area contributed by atoms with Gasteiger partial charge in [-0.15, -0.1) is 4.57 Å². The molecule has 10 heteroatoms. The number of amides is 1. The summed E-state index contributed by atoms with van der Waals surface area (Å²) in [6.45, 7) is 1.45. The Morgan fingerprint density at radius 2 is 1.91 bits per heavy atom. The molecule has 0 spiro atoms. The lowest BCUT2D eigenvalue weighted by molar-refractivity contribution is -0.118. The summed E-state index contributed by atoms with van der Waals surface area (Å²) in [5.41, 5.74) is 0.803. The zero-order valence-electron chi connectivity index (χ0n) is 16.8. The van der Waals surface area contributed by atoms with Crippen LogP contribution in [0.4, 0.5) is 5.69 Å². The summed E-state index contributed by atoms with van der Waals surface area (Å²) in [5, 5.41) is 3.54.